The summed E-state index contributed by atoms with van der Waals surface area (Å²) < 4.78 is 26.7. The second-order valence-electron chi connectivity index (χ2n) is 2.03. The normalized spacial score (nSPS) is 12.6. The molecule has 0 spiro atoms. The highest BCUT2D eigenvalue weighted by atomic mass is 79.9. The van der Waals surface area contributed by atoms with E-state index in [4.69, 9.17) is 4.74 Å². The van der Waals surface area contributed by atoms with Gasteiger partial charge < -0.3 is 9.29 Å². The van der Waals surface area contributed by atoms with Crippen molar-refractivity contribution in [3.05, 3.63) is 22.7 Å². The lowest BCUT2D eigenvalue weighted by molar-refractivity contribution is 0.410. The van der Waals surface area contributed by atoms with Crippen LogP contribution >= 0.6 is 15.9 Å². The Morgan fingerprint density at radius 1 is 1.58 bits per heavy atom. The maximum atomic E-state index is 10.5. The molecule has 12 heavy (non-hydrogen) atoms. The van der Waals surface area contributed by atoms with Crippen LogP contribution in [0.25, 0.3) is 0 Å². The first-order chi connectivity index (χ1) is 5.65. The molecule has 66 valence electrons. The molecule has 1 unspecified atom stereocenters. The summed E-state index contributed by atoms with van der Waals surface area (Å²) in [4.78, 5) is 0.218. The molecule has 1 rings (SSSR count). The molecule has 0 radical (unpaired) electrons. The Bertz CT molecular complexity index is 314. The van der Waals surface area contributed by atoms with Gasteiger partial charge >= 0.3 is 0 Å². The van der Waals surface area contributed by atoms with Gasteiger partial charge in [-0.3, -0.25) is 4.21 Å². The average Bonchev–Trinajstić information content (AvgIpc) is 2.05. The number of ether oxygens (including phenoxy) is 1. The van der Waals surface area contributed by atoms with Crippen LogP contribution in [0.3, 0.4) is 0 Å². The minimum Gasteiger partial charge on any atom is -0.768 e. The molecule has 0 aliphatic heterocycles. The van der Waals surface area contributed by atoms with Crippen LogP contribution < -0.4 is 4.74 Å². The monoisotopic (exact) mass is 249 g/mol. The quantitative estimate of drug-likeness (QED) is 0.750. The summed E-state index contributed by atoms with van der Waals surface area (Å²) in [6.45, 7) is 0. The second kappa shape index (κ2) is 4.02. The first kappa shape index (κ1) is 9.70. The van der Waals surface area contributed by atoms with E-state index in [0.29, 0.717) is 5.75 Å². The average molecular weight is 250 g/mol. The molecule has 1 atom stereocenters. The van der Waals surface area contributed by atoms with Gasteiger partial charge in [-0.1, -0.05) is 0 Å². The zero-order valence-electron chi connectivity index (χ0n) is 6.24. The van der Waals surface area contributed by atoms with Gasteiger partial charge in [-0.05, 0) is 45.2 Å². The first-order valence-electron chi connectivity index (χ1n) is 3.08. The highest BCUT2D eigenvalue weighted by Gasteiger charge is 2.00. The summed E-state index contributed by atoms with van der Waals surface area (Å²) in [5.74, 6) is 0.511. The third kappa shape index (κ3) is 2.06. The van der Waals surface area contributed by atoms with E-state index in [0.717, 1.165) is 4.47 Å². The SMILES string of the molecule is COc1cc(S(=O)[O-])ccc1Br. The van der Waals surface area contributed by atoms with E-state index >= 15 is 0 Å². The summed E-state index contributed by atoms with van der Waals surface area (Å²) in [6, 6.07) is 4.58. The lowest BCUT2D eigenvalue weighted by Crippen LogP contribution is -1.91. The van der Waals surface area contributed by atoms with E-state index in [9.17, 15) is 8.76 Å². The summed E-state index contributed by atoms with van der Waals surface area (Å²) in [7, 11) is 1.48. The van der Waals surface area contributed by atoms with Gasteiger partial charge in [-0.15, -0.1) is 0 Å². The molecule has 0 heterocycles. The van der Waals surface area contributed by atoms with Gasteiger partial charge in [-0.2, -0.15) is 0 Å². The Kier molecular flexibility index (Phi) is 3.25. The standard InChI is InChI=1S/C7H7BrO3S/c1-11-7-4-5(12(9)10)2-3-6(7)8/h2-4H,1H3,(H,9,10)/p-1. The van der Waals surface area contributed by atoms with Gasteiger partial charge in [-0.25, -0.2) is 0 Å². The van der Waals surface area contributed by atoms with E-state index < -0.39 is 11.1 Å². The van der Waals surface area contributed by atoms with Crippen LogP contribution in [0.1, 0.15) is 0 Å². The van der Waals surface area contributed by atoms with Gasteiger partial charge in [0.05, 0.1) is 11.6 Å². The number of methoxy groups -OCH3 is 1. The predicted octanol–water partition coefficient (Wildman–Crippen LogP) is 1.70. The fourth-order valence-electron chi connectivity index (χ4n) is 0.744. The van der Waals surface area contributed by atoms with Crippen LogP contribution in [-0.2, 0) is 11.1 Å². The lowest BCUT2D eigenvalue weighted by atomic mass is 10.3. The molecule has 0 saturated heterocycles. The molecule has 1 aromatic rings. The Balaban J connectivity index is 3.13. The van der Waals surface area contributed by atoms with Crippen molar-refractivity contribution < 1.29 is 13.5 Å². The molecular formula is C7H6BrO3S-. The Morgan fingerprint density at radius 2 is 2.25 bits per heavy atom. The number of benzene rings is 1. The van der Waals surface area contributed by atoms with Crippen LogP contribution in [0, 0.1) is 0 Å². The second-order valence-corrected chi connectivity index (χ2v) is 3.83. The summed E-state index contributed by atoms with van der Waals surface area (Å²) in [5.41, 5.74) is 0. The van der Waals surface area contributed by atoms with E-state index in [1.807, 2.05) is 0 Å². The molecule has 0 bridgehead atoms. The molecule has 0 N–H and O–H groups in total. The maximum Gasteiger partial charge on any atom is 0.134 e. The minimum atomic E-state index is -2.20. The summed E-state index contributed by atoms with van der Waals surface area (Å²) in [6.07, 6.45) is 0. The molecule has 0 aliphatic carbocycles. The zero-order valence-corrected chi connectivity index (χ0v) is 8.65. The van der Waals surface area contributed by atoms with Gasteiger partial charge in [0.2, 0.25) is 0 Å². The highest BCUT2D eigenvalue weighted by molar-refractivity contribution is 9.10. The number of hydrogen-bond donors (Lipinski definition) is 0. The van der Waals surface area contributed by atoms with Crippen LogP contribution in [0.4, 0.5) is 0 Å². The molecular weight excluding hydrogens is 244 g/mol. The molecule has 0 aromatic heterocycles. The molecule has 0 saturated carbocycles. The van der Waals surface area contributed by atoms with Crippen molar-refractivity contribution in [1.82, 2.24) is 0 Å². The summed E-state index contributed by atoms with van der Waals surface area (Å²) in [5, 5.41) is 0. The Hall–Kier alpha value is -0.390. The van der Waals surface area contributed by atoms with Crippen LogP contribution in [0.2, 0.25) is 0 Å². The van der Waals surface area contributed by atoms with Crippen molar-refractivity contribution in [2.75, 3.05) is 7.11 Å². The van der Waals surface area contributed by atoms with Crippen molar-refractivity contribution in [3.63, 3.8) is 0 Å². The van der Waals surface area contributed by atoms with Gasteiger partial charge in [0, 0.05) is 4.90 Å². The number of rotatable bonds is 2. The smallest absolute Gasteiger partial charge is 0.134 e. The molecule has 0 amide bonds. The maximum absolute atomic E-state index is 10.5. The van der Waals surface area contributed by atoms with Crippen LogP contribution in [0.15, 0.2) is 27.6 Å². The lowest BCUT2D eigenvalue weighted by Gasteiger charge is -2.08. The van der Waals surface area contributed by atoms with Crippen molar-refractivity contribution in [1.29, 1.82) is 0 Å². The zero-order chi connectivity index (χ0) is 9.14. The van der Waals surface area contributed by atoms with Crippen molar-refractivity contribution in [3.8, 4) is 5.75 Å². The Morgan fingerprint density at radius 3 is 2.75 bits per heavy atom. The van der Waals surface area contributed by atoms with E-state index in [1.165, 1.54) is 19.2 Å². The topological polar surface area (TPSA) is 49.4 Å². The molecule has 1 aromatic carbocycles. The third-order valence-corrected chi connectivity index (χ3v) is 2.61. The van der Waals surface area contributed by atoms with E-state index in [-0.39, 0.29) is 4.90 Å². The van der Waals surface area contributed by atoms with Gasteiger partial charge in [0.15, 0.2) is 0 Å². The van der Waals surface area contributed by atoms with Crippen molar-refractivity contribution in [2.24, 2.45) is 0 Å². The van der Waals surface area contributed by atoms with Crippen LogP contribution in [-0.4, -0.2) is 15.9 Å². The summed E-state index contributed by atoms with van der Waals surface area (Å²) >= 11 is 1.01. The van der Waals surface area contributed by atoms with Crippen molar-refractivity contribution in [2.45, 2.75) is 4.90 Å². The van der Waals surface area contributed by atoms with Gasteiger partial charge in [0.25, 0.3) is 0 Å². The third-order valence-electron chi connectivity index (χ3n) is 1.32. The van der Waals surface area contributed by atoms with Crippen molar-refractivity contribution >= 4 is 27.0 Å². The predicted molar refractivity (Wildman–Crippen MR) is 47.9 cm³/mol. The molecule has 3 nitrogen and oxygen atoms in total. The molecule has 0 aliphatic rings. The highest BCUT2D eigenvalue weighted by Crippen LogP contribution is 2.26. The minimum absolute atomic E-state index is 0.218. The fraction of sp³-hybridized carbons (Fsp3) is 0.143. The molecule has 5 heteroatoms. The first-order valence-corrected chi connectivity index (χ1v) is 4.94. The van der Waals surface area contributed by atoms with E-state index in [2.05, 4.69) is 15.9 Å². The fourth-order valence-corrected chi connectivity index (χ4v) is 1.53. The number of hydrogen-bond acceptors (Lipinski definition) is 3. The van der Waals surface area contributed by atoms with Crippen LogP contribution in [0.5, 0.6) is 5.75 Å². The molecule has 0 fully saturated rings. The van der Waals surface area contributed by atoms with E-state index in [1.54, 1.807) is 6.07 Å². The van der Waals surface area contributed by atoms with Gasteiger partial charge in [0.1, 0.15) is 5.75 Å². The largest absolute Gasteiger partial charge is 0.768 e. The number of halogens is 1. The Labute approximate surface area is 81.2 Å².